The summed E-state index contributed by atoms with van der Waals surface area (Å²) in [6.07, 6.45) is -10.8. The molecule has 0 radical (unpaired) electrons. The molecule has 8 N–H and O–H groups in total. The standard InChI is InChI=1S/C21H39NO13/c1-11(26)22-14-19(35-21-18(30)17(29)15(27)12(9-24)34-21)16(28)13(10-25)33-20(14)32-8-7-31-6-4-2-3-5-23/h12-21,23-25,27-30H,2-10H2,1H3,(H,22,26)/t12?,13?,14?,15-,16-,17-,18?,19+,20+,21-/m0/s1. The lowest BCUT2D eigenvalue weighted by atomic mass is 9.95. The Balaban J connectivity index is 2.08. The van der Waals surface area contributed by atoms with E-state index in [9.17, 15) is 35.4 Å². The van der Waals surface area contributed by atoms with E-state index in [-0.39, 0.29) is 19.8 Å². The molecule has 10 atom stereocenters. The minimum absolute atomic E-state index is 0.0434. The predicted molar refractivity (Wildman–Crippen MR) is 116 cm³/mol. The fourth-order valence-electron chi connectivity index (χ4n) is 3.91. The van der Waals surface area contributed by atoms with Crippen LogP contribution < -0.4 is 5.32 Å². The van der Waals surface area contributed by atoms with E-state index in [2.05, 4.69) is 5.32 Å². The zero-order valence-corrected chi connectivity index (χ0v) is 19.7. The third kappa shape index (κ3) is 8.52. The highest BCUT2D eigenvalue weighted by molar-refractivity contribution is 5.73. The van der Waals surface area contributed by atoms with Crippen molar-refractivity contribution in [3.63, 3.8) is 0 Å². The SMILES string of the molecule is CC(=O)NC1[C@H](OCCOCCCCCO)OC(CO)[C@H](O)[C@@H]1O[C@@H]1OC(CO)[C@H](O)[C@H](O)C1O. The molecule has 14 nitrogen and oxygen atoms in total. The minimum Gasteiger partial charge on any atom is -0.396 e. The van der Waals surface area contributed by atoms with Crippen LogP contribution in [0.1, 0.15) is 26.2 Å². The molecule has 0 spiro atoms. The molecule has 1 amide bonds. The second-order valence-electron chi connectivity index (χ2n) is 8.51. The molecule has 2 aliphatic rings. The van der Waals surface area contributed by atoms with Crippen LogP contribution >= 0.6 is 0 Å². The van der Waals surface area contributed by atoms with Crippen molar-refractivity contribution in [3.8, 4) is 0 Å². The molecule has 35 heavy (non-hydrogen) atoms. The van der Waals surface area contributed by atoms with Crippen molar-refractivity contribution in [3.05, 3.63) is 0 Å². The van der Waals surface area contributed by atoms with Crippen LogP contribution in [0.25, 0.3) is 0 Å². The Bertz CT molecular complexity index is 612. The lowest BCUT2D eigenvalue weighted by Gasteiger charge is -2.47. The van der Waals surface area contributed by atoms with Gasteiger partial charge in [0.25, 0.3) is 0 Å². The Morgan fingerprint density at radius 1 is 0.800 bits per heavy atom. The molecular formula is C21H39NO13. The van der Waals surface area contributed by atoms with E-state index in [4.69, 9.17) is 28.8 Å². The van der Waals surface area contributed by atoms with Gasteiger partial charge in [-0.15, -0.1) is 0 Å². The molecule has 2 heterocycles. The van der Waals surface area contributed by atoms with Gasteiger partial charge in [-0.2, -0.15) is 0 Å². The van der Waals surface area contributed by atoms with E-state index in [1.54, 1.807) is 0 Å². The van der Waals surface area contributed by atoms with Gasteiger partial charge in [0, 0.05) is 20.1 Å². The van der Waals surface area contributed by atoms with Crippen LogP contribution in [-0.2, 0) is 28.5 Å². The van der Waals surface area contributed by atoms with Crippen LogP contribution in [0.5, 0.6) is 0 Å². The summed E-state index contributed by atoms with van der Waals surface area (Å²) in [5.74, 6) is -0.510. The Hall–Kier alpha value is -1.01. The van der Waals surface area contributed by atoms with Gasteiger partial charge in [-0.25, -0.2) is 0 Å². The highest BCUT2D eigenvalue weighted by atomic mass is 16.7. The largest absolute Gasteiger partial charge is 0.396 e. The van der Waals surface area contributed by atoms with E-state index in [1.165, 1.54) is 6.92 Å². The first kappa shape index (κ1) is 30.2. The second kappa shape index (κ2) is 15.3. The second-order valence-corrected chi connectivity index (χ2v) is 8.51. The van der Waals surface area contributed by atoms with Crippen molar-refractivity contribution in [2.24, 2.45) is 0 Å². The number of carbonyl (C=O) groups excluding carboxylic acids is 1. The summed E-state index contributed by atoms with van der Waals surface area (Å²) >= 11 is 0. The van der Waals surface area contributed by atoms with Crippen LogP contribution in [0.2, 0.25) is 0 Å². The van der Waals surface area contributed by atoms with Crippen LogP contribution in [0.15, 0.2) is 0 Å². The first-order valence-corrected chi connectivity index (χ1v) is 11.7. The highest BCUT2D eigenvalue weighted by Gasteiger charge is 2.51. The highest BCUT2D eigenvalue weighted by Crippen LogP contribution is 2.29. The van der Waals surface area contributed by atoms with E-state index in [0.29, 0.717) is 13.0 Å². The van der Waals surface area contributed by atoms with Gasteiger partial charge < -0.3 is 64.7 Å². The van der Waals surface area contributed by atoms with Crippen LogP contribution in [0, 0.1) is 0 Å². The van der Waals surface area contributed by atoms with Gasteiger partial charge in [0.15, 0.2) is 12.6 Å². The first-order valence-electron chi connectivity index (χ1n) is 11.7. The summed E-state index contributed by atoms with van der Waals surface area (Å²) in [6.45, 7) is 0.743. The zero-order chi connectivity index (χ0) is 26.0. The molecule has 4 unspecified atom stereocenters. The van der Waals surface area contributed by atoms with E-state index < -0.39 is 80.5 Å². The van der Waals surface area contributed by atoms with Gasteiger partial charge in [0.05, 0.1) is 26.4 Å². The zero-order valence-electron chi connectivity index (χ0n) is 19.7. The number of rotatable bonds is 14. The van der Waals surface area contributed by atoms with Crippen molar-refractivity contribution in [2.75, 3.05) is 39.6 Å². The normalized spacial score (nSPS) is 37.8. The summed E-state index contributed by atoms with van der Waals surface area (Å²) < 4.78 is 27.9. The van der Waals surface area contributed by atoms with Crippen molar-refractivity contribution in [1.29, 1.82) is 0 Å². The Kier molecular flexibility index (Phi) is 13.2. The van der Waals surface area contributed by atoms with Crippen molar-refractivity contribution < 1.29 is 64.2 Å². The average Bonchev–Trinajstić information content (AvgIpc) is 2.83. The number of carbonyl (C=O) groups is 1. The summed E-state index contributed by atoms with van der Waals surface area (Å²) in [5.41, 5.74) is 0. The molecule has 0 bridgehead atoms. The summed E-state index contributed by atoms with van der Waals surface area (Å²) in [4.78, 5) is 11.9. The number of ether oxygens (including phenoxy) is 5. The molecule has 14 heteroatoms. The van der Waals surface area contributed by atoms with Crippen LogP contribution in [0.4, 0.5) is 0 Å². The van der Waals surface area contributed by atoms with Gasteiger partial charge in [0.1, 0.15) is 48.8 Å². The van der Waals surface area contributed by atoms with Gasteiger partial charge in [-0.3, -0.25) is 4.79 Å². The van der Waals surface area contributed by atoms with Gasteiger partial charge in [0.2, 0.25) is 5.91 Å². The molecule has 0 aromatic rings. The summed E-state index contributed by atoms with van der Waals surface area (Å²) in [6, 6.07) is -1.12. The molecule has 0 aliphatic carbocycles. The number of hydrogen-bond acceptors (Lipinski definition) is 13. The maximum atomic E-state index is 11.9. The van der Waals surface area contributed by atoms with Crippen molar-refractivity contribution in [2.45, 2.75) is 87.5 Å². The number of aliphatic hydroxyl groups excluding tert-OH is 7. The topological polar surface area (TPSA) is 217 Å². The molecule has 0 aromatic carbocycles. The van der Waals surface area contributed by atoms with Crippen molar-refractivity contribution in [1.82, 2.24) is 5.32 Å². The maximum absolute atomic E-state index is 11.9. The smallest absolute Gasteiger partial charge is 0.217 e. The fourth-order valence-corrected chi connectivity index (χ4v) is 3.91. The van der Waals surface area contributed by atoms with Crippen LogP contribution in [0.3, 0.4) is 0 Å². The minimum atomic E-state index is -1.74. The third-order valence-corrected chi connectivity index (χ3v) is 5.82. The molecule has 2 fully saturated rings. The lowest BCUT2D eigenvalue weighted by Crippen LogP contribution is -2.68. The fraction of sp³-hybridized carbons (Fsp3) is 0.952. The number of amides is 1. The number of unbranched alkanes of at least 4 members (excludes halogenated alkanes) is 2. The first-order chi connectivity index (χ1) is 16.7. The summed E-state index contributed by atoms with van der Waals surface area (Å²) in [7, 11) is 0. The van der Waals surface area contributed by atoms with Gasteiger partial charge >= 0.3 is 0 Å². The number of hydrogen-bond donors (Lipinski definition) is 8. The van der Waals surface area contributed by atoms with E-state index >= 15 is 0 Å². The number of nitrogens with one attached hydrogen (secondary N) is 1. The Morgan fingerprint density at radius 2 is 1.46 bits per heavy atom. The molecule has 2 saturated heterocycles. The molecule has 206 valence electrons. The number of aliphatic hydroxyl groups is 7. The predicted octanol–water partition coefficient (Wildman–Crippen LogP) is -4.05. The van der Waals surface area contributed by atoms with Crippen LogP contribution in [-0.4, -0.2) is 143 Å². The summed E-state index contributed by atoms with van der Waals surface area (Å²) in [5, 5.41) is 71.5. The quantitative estimate of drug-likeness (QED) is 0.104. The molecule has 2 aliphatic heterocycles. The monoisotopic (exact) mass is 513 g/mol. The molecular weight excluding hydrogens is 474 g/mol. The van der Waals surface area contributed by atoms with Gasteiger partial charge in [-0.05, 0) is 19.3 Å². The Morgan fingerprint density at radius 3 is 2.09 bits per heavy atom. The molecule has 0 saturated carbocycles. The van der Waals surface area contributed by atoms with E-state index in [1.807, 2.05) is 0 Å². The molecule has 0 aromatic heterocycles. The van der Waals surface area contributed by atoms with Crippen molar-refractivity contribution >= 4 is 5.91 Å². The lowest BCUT2D eigenvalue weighted by molar-refractivity contribution is -0.345. The van der Waals surface area contributed by atoms with Gasteiger partial charge in [-0.1, -0.05) is 0 Å². The van der Waals surface area contributed by atoms with E-state index in [0.717, 1.165) is 12.8 Å². The third-order valence-electron chi connectivity index (χ3n) is 5.82. The maximum Gasteiger partial charge on any atom is 0.217 e. The molecule has 2 rings (SSSR count). The average molecular weight is 514 g/mol. The Labute approximate surface area is 203 Å².